The van der Waals surface area contributed by atoms with Crippen molar-refractivity contribution in [2.24, 2.45) is 0 Å². The maximum Gasteiger partial charge on any atom is 0.338 e. The van der Waals surface area contributed by atoms with Crippen LogP contribution < -0.4 is 9.62 Å². The second-order valence-electron chi connectivity index (χ2n) is 6.84. The van der Waals surface area contributed by atoms with Gasteiger partial charge < -0.3 is 10.1 Å². The Morgan fingerprint density at radius 1 is 1.00 bits per heavy atom. The molecule has 1 N–H and O–H groups in total. The number of hydrogen-bond donors (Lipinski definition) is 1. The molecule has 2 aromatic rings. The van der Waals surface area contributed by atoms with E-state index in [0.717, 1.165) is 27.3 Å². The first-order valence-electron chi connectivity index (χ1n) is 9.15. The monoisotopic (exact) mass is 418 g/mol. The van der Waals surface area contributed by atoms with Crippen LogP contribution in [0.25, 0.3) is 0 Å². The van der Waals surface area contributed by atoms with Crippen LogP contribution in [0.3, 0.4) is 0 Å². The highest BCUT2D eigenvalue weighted by Gasteiger charge is 2.22. The number of aryl methyl sites for hydroxylation is 3. The molecule has 0 heterocycles. The van der Waals surface area contributed by atoms with E-state index in [4.69, 9.17) is 4.74 Å². The average molecular weight is 419 g/mol. The molecule has 0 aliphatic carbocycles. The maximum absolute atomic E-state index is 12.6. The van der Waals surface area contributed by atoms with Crippen molar-refractivity contribution in [1.29, 1.82) is 0 Å². The Kier molecular flexibility index (Phi) is 7.02. The third kappa shape index (κ3) is 5.80. The molecule has 29 heavy (non-hydrogen) atoms. The van der Waals surface area contributed by atoms with Gasteiger partial charge in [0.2, 0.25) is 15.9 Å². The largest absolute Gasteiger partial charge is 0.462 e. The molecule has 0 aliphatic heterocycles. The summed E-state index contributed by atoms with van der Waals surface area (Å²) in [6.45, 7) is 7.15. The standard InChI is InChI=1S/C21H26N2O5S/c1-6-28-21(25)17-9-7-15(3)19(12-17)22-20(24)13-23(29(5,26)27)18-10-8-14(2)16(4)11-18/h7-12H,6,13H2,1-5H3,(H,22,24). The van der Waals surface area contributed by atoms with Crippen LogP contribution in [0.4, 0.5) is 11.4 Å². The molecule has 2 aromatic carbocycles. The van der Waals surface area contributed by atoms with Gasteiger partial charge in [-0.3, -0.25) is 9.10 Å². The summed E-state index contributed by atoms with van der Waals surface area (Å²) >= 11 is 0. The second-order valence-corrected chi connectivity index (χ2v) is 8.74. The molecule has 0 bridgehead atoms. The minimum atomic E-state index is -3.68. The Labute approximate surface area is 171 Å². The van der Waals surface area contributed by atoms with Gasteiger partial charge in [-0.05, 0) is 68.7 Å². The summed E-state index contributed by atoms with van der Waals surface area (Å²) in [5, 5.41) is 2.69. The zero-order valence-corrected chi connectivity index (χ0v) is 18.1. The van der Waals surface area contributed by atoms with Crippen LogP contribution >= 0.6 is 0 Å². The summed E-state index contributed by atoms with van der Waals surface area (Å²) in [6.07, 6.45) is 1.06. The van der Waals surface area contributed by atoms with Gasteiger partial charge in [0.05, 0.1) is 24.1 Å². The number of rotatable bonds is 7. The lowest BCUT2D eigenvalue weighted by molar-refractivity contribution is -0.114. The van der Waals surface area contributed by atoms with Gasteiger partial charge in [-0.2, -0.15) is 0 Å². The van der Waals surface area contributed by atoms with Gasteiger partial charge in [0.15, 0.2) is 0 Å². The van der Waals surface area contributed by atoms with Crippen molar-refractivity contribution in [3.63, 3.8) is 0 Å². The van der Waals surface area contributed by atoms with E-state index in [9.17, 15) is 18.0 Å². The highest BCUT2D eigenvalue weighted by Crippen LogP contribution is 2.22. The van der Waals surface area contributed by atoms with Crippen molar-refractivity contribution in [2.75, 3.05) is 29.0 Å². The normalized spacial score (nSPS) is 11.1. The Bertz CT molecular complexity index is 1030. The van der Waals surface area contributed by atoms with E-state index in [-0.39, 0.29) is 13.2 Å². The van der Waals surface area contributed by atoms with Gasteiger partial charge in [-0.15, -0.1) is 0 Å². The summed E-state index contributed by atoms with van der Waals surface area (Å²) in [6, 6.07) is 10.0. The van der Waals surface area contributed by atoms with Crippen LogP contribution in [-0.4, -0.2) is 39.7 Å². The second kappa shape index (κ2) is 9.09. The number of sulfonamides is 1. The maximum atomic E-state index is 12.6. The molecule has 0 unspecified atom stereocenters. The van der Waals surface area contributed by atoms with Gasteiger partial charge in [-0.25, -0.2) is 13.2 Å². The predicted molar refractivity (Wildman–Crippen MR) is 114 cm³/mol. The number of benzene rings is 2. The smallest absolute Gasteiger partial charge is 0.338 e. The summed E-state index contributed by atoms with van der Waals surface area (Å²) in [4.78, 5) is 24.5. The minimum Gasteiger partial charge on any atom is -0.462 e. The Hall–Kier alpha value is -2.87. The van der Waals surface area contributed by atoms with Crippen LogP contribution in [0.2, 0.25) is 0 Å². The number of anilines is 2. The van der Waals surface area contributed by atoms with Crippen LogP contribution in [-0.2, 0) is 19.6 Å². The quantitative estimate of drug-likeness (QED) is 0.697. The van der Waals surface area contributed by atoms with Gasteiger partial charge in [0.25, 0.3) is 0 Å². The van der Waals surface area contributed by atoms with Crippen molar-refractivity contribution >= 4 is 33.3 Å². The van der Waals surface area contributed by atoms with Crippen LogP contribution in [0.15, 0.2) is 36.4 Å². The lowest BCUT2D eigenvalue weighted by Crippen LogP contribution is -2.37. The number of carbonyl (C=O) groups excluding carboxylic acids is 2. The minimum absolute atomic E-state index is 0.244. The van der Waals surface area contributed by atoms with E-state index < -0.39 is 21.9 Å². The van der Waals surface area contributed by atoms with Gasteiger partial charge in [0, 0.05) is 5.69 Å². The summed E-state index contributed by atoms with van der Waals surface area (Å²) < 4.78 is 30.6. The SMILES string of the molecule is CCOC(=O)c1ccc(C)c(NC(=O)CN(c2ccc(C)c(C)c2)S(C)(=O)=O)c1. The molecule has 0 saturated heterocycles. The van der Waals surface area contributed by atoms with Crippen molar-refractivity contribution in [3.05, 3.63) is 58.7 Å². The molecule has 0 aliphatic rings. The molecule has 1 amide bonds. The van der Waals surface area contributed by atoms with E-state index in [2.05, 4.69) is 5.32 Å². The Morgan fingerprint density at radius 3 is 2.24 bits per heavy atom. The van der Waals surface area contributed by atoms with Gasteiger partial charge >= 0.3 is 5.97 Å². The van der Waals surface area contributed by atoms with Crippen molar-refractivity contribution < 1.29 is 22.7 Å². The molecule has 0 fully saturated rings. The molecule has 156 valence electrons. The highest BCUT2D eigenvalue weighted by atomic mass is 32.2. The molecule has 0 atom stereocenters. The summed E-state index contributed by atoms with van der Waals surface area (Å²) in [5.41, 5.74) is 3.84. The Morgan fingerprint density at radius 2 is 1.66 bits per heavy atom. The van der Waals surface area contributed by atoms with E-state index in [0.29, 0.717) is 16.9 Å². The molecular formula is C21H26N2O5S. The van der Waals surface area contributed by atoms with Crippen LogP contribution in [0.1, 0.15) is 34.0 Å². The Balaban J connectivity index is 2.26. The van der Waals surface area contributed by atoms with E-state index in [1.165, 1.54) is 6.07 Å². The molecule has 0 spiro atoms. The highest BCUT2D eigenvalue weighted by molar-refractivity contribution is 7.92. The fraction of sp³-hybridized carbons (Fsp3) is 0.333. The molecule has 0 radical (unpaired) electrons. The number of ether oxygens (including phenoxy) is 1. The first-order chi connectivity index (χ1) is 13.5. The van der Waals surface area contributed by atoms with Crippen LogP contribution in [0, 0.1) is 20.8 Å². The van der Waals surface area contributed by atoms with Crippen molar-refractivity contribution in [2.45, 2.75) is 27.7 Å². The topological polar surface area (TPSA) is 92.8 Å². The lowest BCUT2D eigenvalue weighted by atomic mass is 10.1. The number of esters is 1. The third-order valence-corrected chi connectivity index (χ3v) is 5.63. The zero-order chi connectivity index (χ0) is 21.8. The molecular weight excluding hydrogens is 392 g/mol. The summed E-state index contributed by atoms with van der Waals surface area (Å²) in [5.74, 6) is -1.01. The van der Waals surface area contributed by atoms with Crippen LogP contribution in [0.5, 0.6) is 0 Å². The van der Waals surface area contributed by atoms with Crippen molar-refractivity contribution in [3.8, 4) is 0 Å². The molecule has 0 saturated carbocycles. The fourth-order valence-corrected chi connectivity index (χ4v) is 3.55. The number of nitrogens with zero attached hydrogens (tertiary/aromatic N) is 1. The zero-order valence-electron chi connectivity index (χ0n) is 17.3. The van der Waals surface area contributed by atoms with Crippen molar-refractivity contribution in [1.82, 2.24) is 0 Å². The molecule has 7 nitrogen and oxygen atoms in total. The van der Waals surface area contributed by atoms with E-state index in [1.54, 1.807) is 38.1 Å². The fourth-order valence-electron chi connectivity index (χ4n) is 2.70. The average Bonchev–Trinajstić information content (AvgIpc) is 2.63. The third-order valence-electron chi connectivity index (χ3n) is 4.49. The lowest BCUT2D eigenvalue weighted by Gasteiger charge is -2.23. The van der Waals surface area contributed by atoms with E-state index >= 15 is 0 Å². The predicted octanol–water partition coefficient (Wildman–Crippen LogP) is 3.19. The number of nitrogens with one attached hydrogen (secondary N) is 1. The molecule has 2 rings (SSSR count). The number of hydrogen-bond acceptors (Lipinski definition) is 5. The van der Waals surface area contributed by atoms with Gasteiger partial charge in [0.1, 0.15) is 6.54 Å². The van der Waals surface area contributed by atoms with Gasteiger partial charge in [-0.1, -0.05) is 12.1 Å². The summed E-state index contributed by atoms with van der Waals surface area (Å²) in [7, 11) is -3.68. The number of amides is 1. The first-order valence-corrected chi connectivity index (χ1v) is 11.0. The molecule has 0 aromatic heterocycles. The number of carbonyl (C=O) groups is 2. The molecule has 8 heteroatoms. The first kappa shape index (κ1) is 22.4. The van der Waals surface area contributed by atoms with E-state index in [1.807, 2.05) is 19.9 Å².